The minimum Gasteiger partial charge on any atom is -0.457 e. The maximum absolute atomic E-state index is 12.9. The predicted octanol–water partition coefficient (Wildman–Crippen LogP) is 3.22. The Balaban J connectivity index is 1.61. The summed E-state index contributed by atoms with van der Waals surface area (Å²) in [5, 5.41) is 0. The van der Waals surface area contributed by atoms with Gasteiger partial charge in [-0.05, 0) is 55.3 Å². The van der Waals surface area contributed by atoms with Crippen molar-refractivity contribution in [1.29, 1.82) is 0 Å². The summed E-state index contributed by atoms with van der Waals surface area (Å²) in [4.78, 5) is 38.3. The highest BCUT2D eigenvalue weighted by Gasteiger charge is 2.37. The standard InChI is InChI=1S/C21H20FNO4/c1-13-4-3-5-18(14(13)2)23-11-16(10-20(23)25)21(26)27-12-19(24)15-6-8-17(22)9-7-15/h3-9,16H,10-12H2,1-2H3. The van der Waals surface area contributed by atoms with Gasteiger partial charge in [0.1, 0.15) is 5.82 Å². The van der Waals surface area contributed by atoms with Gasteiger partial charge in [-0.25, -0.2) is 4.39 Å². The number of ketones is 1. The quantitative estimate of drug-likeness (QED) is 0.600. The number of nitrogens with zero attached hydrogens (tertiary/aromatic N) is 1. The van der Waals surface area contributed by atoms with Crippen LogP contribution < -0.4 is 4.90 Å². The lowest BCUT2D eigenvalue weighted by Crippen LogP contribution is -2.27. The molecule has 0 N–H and O–H groups in total. The van der Waals surface area contributed by atoms with E-state index in [2.05, 4.69) is 0 Å². The number of anilines is 1. The molecule has 1 atom stereocenters. The Bertz CT molecular complexity index is 892. The van der Waals surface area contributed by atoms with E-state index in [9.17, 15) is 18.8 Å². The number of amides is 1. The summed E-state index contributed by atoms with van der Waals surface area (Å²) in [5.41, 5.74) is 3.11. The molecular weight excluding hydrogens is 349 g/mol. The van der Waals surface area contributed by atoms with Crippen LogP contribution >= 0.6 is 0 Å². The summed E-state index contributed by atoms with van der Waals surface area (Å²) in [5.74, 6) is -2.20. The zero-order valence-electron chi connectivity index (χ0n) is 15.2. The molecule has 27 heavy (non-hydrogen) atoms. The number of hydrogen-bond donors (Lipinski definition) is 0. The van der Waals surface area contributed by atoms with Gasteiger partial charge in [0.15, 0.2) is 12.4 Å². The smallest absolute Gasteiger partial charge is 0.311 e. The molecule has 0 aromatic heterocycles. The highest BCUT2D eigenvalue weighted by molar-refractivity contribution is 6.01. The Labute approximate surface area is 156 Å². The molecule has 5 nitrogen and oxygen atoms in total. The molecule has 1 heterocycles. The van der Waals surface area contributed by atoms with E-state index in [4.69, 9.17) is 4.74 Å². The molecule has 2 aromatic carbocycles. The molecule has 1 saturated heterocycles. The van der Waals surface area contributed by atoms with Crippen LogP contribution in [0.25, 0.3) is 0 Å². The van der Waals surface area contributed by atoms with Crippen molar-refractivity contribution in [3.63, 3.8) is 0 Å². The van der Waals surface area contributed by atoms with Crippen molar-refractivity contribution in [1.82, 2.24) is 0 Å². The zero-order valence-corrected chi connectivity index (χ0v) is 15.2. The van der Waals surface area contributed by atoms with Crippen LogP contribution in [0.5, 0.6) is 0 Å². The van der Waals surface area contributed by atoms with E-state index in [-0.39, 0.29) is 24.4 Å². The first kappa shape index (κ1) is 18.8. The average molecular weight is 369 g/mol. The number of hydrogen-bond acceptors (Lipinski definition) is 4. The first-order valence-electron chi connectivity index (χ1n) is 8.69. The molecule has 1 unspecified atom stereocenters. The van der Waals surface area contributed by atoms with Crippen LogP contribution in [0.1, 0.15) is 27.9 Å². The monoisotopic (exact) mass is 369 g/mol. The van der Waals surface area contributed by atoms with Crippen LogP contribution in [0.2, 0.25) is 0 Å². The Morgan fingerprint density at radius 2 is 1.85 bits per heavy atom. The molecule has 1 fully saturated rings. The van der Waals surface area contributed by atoms with E-state index in [1.807, 2.05) is 32.0 Å². The van der Waals surface area contributed by atoms with Crippen molar-refractivity contribution in [2.75, 3.05) is 18.1 Å². The first-order valence-corrected chi connectivity index (χ1v) is 8.69. The highest BCUT2D eigenvalue weighted by Crippen LogP contribution is 2.29. The third-order valence-corrected chi connectivity index (χ3v) is 4.84. The van der Waals surface area contributed by atoms with Gasteiger partial charge in [0.2, 0.25) is 5.91 Å². The van der Waals surface area contributed by atoms with Crippen LogP contribution in [-0.4, -0.2) is 30.8 Å². The molecule has 6 heteroatoms. The number of Topliss-reactive ketones (excluding diaryl/α,β-unsaturated/α-hetero) is 1. The predicted molar refractivity (Wildman–Crippen MR) is 98.1 cm³/mol. The number of halogens is 1. The van der Waals surface area contributed by atoms with Gasteiger partial charge in [-0.3, -0.25) is 14.4 Å². The van der Waals surface area contributed by atoms with E-state index in [0.29, 0.717) is 0 Å². The number of aryl methyl sites for hydroxylation is 1. The van der Waals surface area contributed by atoms with Gasteiger partial charge in [-0.15, -0.1) is 0 Å². The molecule has 0 saturated carbocycles. The summed E-state index contributed by atoms with van der Waals surface area (Å²) in [6.45, 7) is 3.70. The van der Waals surface area contributed by atoms with Crippen LogP contribution in [0.3, 0.4) is 0 Å². The van der Waals surface area contributed by atoms with Gasteiger partial charge in [0.25, 0.3) is 0 Å². The molecule has 140 valence electrons. The summed E-state index contributed by atoms with van der Waals surface area (Å²) >= 11 is 0. The molecule has 0 bridgehead atoms. The molecular formula is C21H20FNO4. The van der Waals surface area contributed by atoms with E-state index in [1.54, 1.807) is 4.90 Å². The van der Waals surface area contributed by atoms with E-state index in [0.717, 1.165) is 16.8 Å². The lowest BCUT2D eigenvalue weighted by atomic mass is 10.1. The fourth-order valence-corrected chi connectivity index (χ4v) is 3.10. The van der Waals surface area contributed by atoms with Crippen molar-refractivity contribution in [2.24, 2.45) is 5.92 Å². The maximum Gasteiger partial charge on any atom is 0.311 e. The Hall–Kier alpha value is -3.02. The van der Waals surface area contributed by atoms with Crippen LogP contribution in [-0.2, 0) is 14.3 Å². The Morgan fingerprint density at radius 3 is 2.56 bits per heavy atom. The van der Waals surface area contributed by atoms with Crippen LogP contribution in [0, 0.1) is 25.6 Å². The molecule has 0 aliphatic carbocycles. The van der Waals surface area contributed by atoms with E-state index in [1.165, 1.54) is 24.3 Å². The number of benzene rings is 2. The van der Waals surface area contributed by atoms with Gasteiger partial charge in [0.05, 0.1) is 5.92 Å². The van der Waals surface area contributed by atoms with Gasteiger partial charge in [-0.2, -0.15) is 0 Å². The van der Waals surface area contributed by atoms with Crippen molar-refractivity contribution < 1.29 is 23.5 Å². The first-order chi connectivity index (χ1) is 12.9. The Kier molecular flexibility index (Phi) is 5.35. The van der Waals surface area contributed by atoms with Gasteiger partial charge < -0.3 is 9.64 Å². The average Bonchev–Trinajstić information content (AvgIpc) is 3.04. The third-order valence-electron chi connectivity index (χ3n) is 4.84. The van der Waals surface area contributed by atoms with Crippen LogP contribution in [0.4, 0.5) is 10.1 Å². The number of carbonyl (C=O) groups is 3. The zero-order chi connectivity index (χ0) is 19.6. The van der Waals surface area contributed by atoms with Crippen molar-refractivity contribution >= 4 is 23.3 Å². The third kappa shape index (κ3) is 4.05. The molecule has 1 amide bonds. The largest absolute Gasteiger partial charge is 0.457 e. The number of ether oxygens (including phenoxy) is 1. The SMILES string of the molecule is Cc1cccc(N2CC(C(=O)OCC(=O)c3ccc(F)cc3)CC2=O)c1C. The second-order valence-electron chi connectivity index (χ2n) is 6.66. The number of rotatable bonds is 5. The highest BCUT2D eigenvalue weighted by atomic mass is 19.1. The lowest BCUT2D eigenvalue weighted by Gasteiger charge is -2.20. The second-order valence-corrected chi connectivity index (χ2v) is 6.66. The molecule has 0 radical (unpaired) electrons. The van der Waals surface area contributed by atoms with Crippen LogP contribution in [0.15, 0.2) is 42.5 Å². The summed E-state index contributed by atoms with van der Waals surface area (Å²) < 4.78 is 18.0. The van der Waals surface area contributed by atoms with Gasteiger partial charge in [0, 0.05) is 24.2 Å². The summed E-state index contributed by atoms with van der Waals surface area (Å²) in [6, 6.07) is 10.7. The topological polar surface area (TPSA) is 63.7 Å². The molecule has 1 aliphatic heterocycles. The molecule has 1 aliphatic rings. The van der Waals surface area contributed by atoms with E-state index >= 15 is 0 Å². The Morgan fingerprint density at radius 1 is 1.15 bits per heavy atom. The normalized spacial score (nSPS) is 16.5. The number of carbonyl (C=O) groups excluding carboxylic acids is 3. The second kappa shape index (κ2) is 7.70. The van der Waals surface area contributed by atoms with Crippen molar-refractivity contribution in [3.8, 4) is 0 Å². The van der Waals surface area contributed by atoms with Gasteiger partial charge in [-0.1, -0.05) is 12.1 Å². The molecule has 0 spiro atoms. The van der Waals surface area contributed by atoms with Crippen molar-refractivity contribution in [3.05, 3.63) is 65.0 Å². The summed E-state index contributed by atoms with van der Waals surface area (Å²) in [7, 11) is 0. The summed E-state index contributed by atoms with van der Waals surface area (Å²) in [6.07, 6.45) is 0.0525. The lowest BCUT2D eigenvalue weighted by molar-refractivity contribution is -0.147. The van der Waals surface area contributed by atoms with Gasteiger partial charge >= 0.3 is 5.97 Å². The van der Waals surface area contributed by atoms with E-state index < -0.39 is 30.1 Å². The molecule has 2 aromatic rings. The fraction of sp³-hybridized carbons (Fsp3) is 0.286. The minimum absolute atomic E-state index is 0.0525. The molecule has 3 rings (SSSR count). The fourth-order valence-electron chi connectivity index (χ4n) is 3.10. The maximum atomic E-state index is 12.9. The minimum atomic E-state index is -0.613. The van der Waals surface area contributed by atoms with Crippen molar-refractivity contribution in [2.45, 2.75) is 20.3 Å². The number of esters is 1.